The first-order chi connectivity index (χ1) is 13.2. The molecule has 142 valence electrons. The van der Waals surface area contributed by atoms with E-state index >= 15 is 0 Å². The summed E-state index contributed by atoms with van der Waals surface area (Å²) in [7, 11) is 1.72. The van der Waals surface area contributed by atoms with E-state index in [0.29, 0.717) is 0 Å². The molecule has 1 unspecified atom stereocenters. The Bertz CT molecular complexity index is 819. The van der Waals surface area contributed by atoms with Crippen LogP contribution in [0.25, 0.3) is 5.70 Å². The molecular formula is C22H27N3OS. The second-order valence-corrected chi connectivity index (χ2v) is 7.73. The fourth-order valence-corrected chi connectivity index (χ4v) is 4.25. The van der Waals surface area contributed by atoms with E-state index < -0.39 is 0 Å². The van der Waals surface area contributed by atoms with Gasteiger partial charge in [0, 0.05) is 30.0 Å². The Morgan fingerprint density at radius 2 is 2.19 bits per heavy atom. The number of hydrogen-bond acceptors (Lipinski definition) is 5. The lowest BCUT2D eigenvalue weighted by Crippen LogP contribution is -2.31. The van der Waals surface area contributed by atoms with Crippen molar-refractivity contribution < 1.29 is 4.74 Å². The first-order valence-corrected chi connectivity index (χ1v) is 10.6. The molecule has 0 bridgehead atoms. The Labute approximate surface area is 166 Å². The van der Waals surface area contributed by atoms with E-state index in [1.54, 1.807) is 19.1 Å². The Balaban J connectivity index is 2.07. The third-order valence-electron chi connectivity index (χ3n) is 4.97. The maximum atomic E-state index is 10.0. The number of nitrogens with zero attached hydrogens (tertiary/aromatic N) is 2. The van der Waals surface area contributed by atoms with Gasteiger partial charge in [-0.15, -0.1) is 0 Å². The van der Waals surface area contributed by atoms with Crippen molar-refractivity contribution in [1.82, 2.24) is 4.90 Å². The molecule has 1 aromatic rings. The highest BCUT2D eigenvalue weighted by Gasteiger charge is 2.37. The van der Waals surface area contributed by atoms with Gasteiger partial charge in [-0.25, -0.2) is 0 Å². The summed E-state index contributed by atoms with van der Waals surface area (Å²) in [6, 6.07) is 11.1. The fourth-order valence-electron chi connectivity index (χ4n) is 3.81. The molecule has 1 heterocycles. The highest BCUT2D eigenvalue weighted by molar-refractivity contribution is 8.00. The first-order valence-electron chi connectivity index (χ1n) is 9.57. The Hall–Kier alpha value is -2.32. The normalized spacial score (nSPS) is 19.0. The second-order valence-electron chi connectivity index (χ2n) is 6.66. The average Bonchev–Trinajstić information content (AvgIpc) is 2.84. The zero-order valence-electron chi connectivity index (χ0n) is 16.3. The number of methoxy groups -OCH3 is 1. The van der Waals surface area contributed by atoms with Gasteiger partial charge in [-0.1, -0.05) is 44.0 Å². The highest BCUT2D eigenvalue weighted by atomic mass is 32.2. The van der Waals surface area contributed by atoms with Crippen LogP contribution in [0.5, 0.6) is 0 Å². The van der Waals surface area contributed by atoms with Gasteiger partial charge in [-0.05, 0) is 36.6 Å². The number of benzene rings is 1. The summed E-state index contributed by atoms with van der Waals surface area (Å²) in [5.74, 6) is 1.98. The van der Waals surface area contributed by atoms with E-state index in [2.05, 4.69) is 59.9 Å². The van der Waals surface area contributed by atoms with Gasteiger partial charge in [0.05, 0.1) is 30.2 Å². The molecule has 3 rings (SSSR count). The number of hydrogen-bond donors (Lipinski definition) is 1. The molecule has 0 fully saturated rings. The molecule has 4 nitrogen and oxygen atoms in total. The molecule has 0 aromatic heterocycles. The lowest BCUT2D eigenvalue weighted by Gasteiger charge is -2.30. The second kappa shape index (κ2) is 9.05. The number of allylic oxidation sites excluding steroid dienone is 3. The van der Waals surface area contributed by atoms with Crippen LogP contribution in [0.4, 0.5) is 5.69 Å². The lowest BCUT2D eigenvalue weighted by atomic mass is 9.99. The minimum atomic E-state index is 0.236. The lowest BCUT2D eigenvalue weighted by molar-refractivity contribution is 0.261. The van der Waals surface area contributed by atoms with E-state index in [9.17, 15) is 5.26 Å². The summed E-state index contributed by atoms with van der Waals surface area (Å²) in [4.78, 5) is 2.42. The molecule has 0 saturated heterocycles. The van der Waals surface area contributed by atoms with Crippen LogP contribution < -0.4 is 4.72 Å². The van der Waals surface area contributed by atoms with E-state index in [4.69, 9.17) is 4.74 Å². The monoisotopic (exact) mass is 381 g/mol. The van der Waals surface area contributed by atoms with Crippen LogP contribution in [0.2, 0.25) is 0 Å². The standard InChI is InChI=1S/C22H27N3OS/c1-4-13-25-21-12-10-18(26-3)9-11-19(21)20(15-23)22(25)16-7-6-8-17(14-16)24-27-5-2/h6-9,11,14,21,24H,4-5,10,12-13H2,1-3H3. The molecule has 1 aliphatic heterocycles. The molecular weight excluding hydrogens is 354 g/mol. The Morgan fingerprint density at radius 1 is 1.33 bits per heavy atom. The molecule has 0 saturated carbocycles. The van der Waals surface area contributed by atoms with E-state index in [1.165, 1.54) is 0 Å². The smallest absolute Gasteiger partial charge is 0.102 e. The van der Waals surface area contributed by atoms with Crippen LogP contribution in [0.3, 0.4) is 0 Å². The summed E-state index contributed by atoms with van der Waals surface area (Å²) in [5.41, 5.74) is 5.15. The maximum absolute atomic E-state index is 10.0. The van der Waals surface area contributed by atoms with Crippen molar-refractivity contribution in [3.8, 4) is 6.07 Å². The van der Waals surface area contributed by atoms with Gasteiger partial charge < -0.3 is 14.4 Å². The zero-order chi connectivity index (χ0) is 19.2. The van der Waals surface area contributed by atoms with Gasteiger partial charge in [-0.3, -0.25) is 0 Å². The van der Waals surface area contributed by atoms with Crippen molar-refractivity contribution in [3.63, 3.8) is 0 Å². The van der Waals surface area contributed by atoms with Crippen molar-refractivity contribution in [3.05, 3.63) is 58.9 Å². The third kappa shape index (κ3) is 4.01. The maximum Gasteiger partial charge on any atom is 0.102 e. The van der Waals surface area contributed by atoms with Crippen LogP contribution in [-0.4, -0.2) is 30.3 Å². The van der Waals surface area contributed by atoms with Crippen LogP contribution in [0.1, 0.15) is 38.7 Å². The summed E-state index contributed by atoms with van der Waals surface area (Å²) in [6.07, 6.45) is 7.00. The minimum Gasteiger partial charge on any atom is -0.501 e. The van der Waals surface area contributed by atoms with Gasteiger partial charge in [0.1, 0.15) is 6.07 Å². The quantitative estimate of drug-likeness (QED) is 0.646. The van der Waals surface area contributed by atoms with Gasteiger partial charge in [0.2, 0.25) is 0 Å². The number of fused-ring (bicyclic) bond motifs is 1. The van der Waals surface area contributed by atoms with E-state index in [-0.39, 0.29) is 6.04 Å². The molecule has 27 heavy (non-hydrogen) atoms. The van der Waals surface area contributed by atoms with Crippen molar-refractivity contribution in [1.29, 1.82) is 5.26 Å². The molecule has 1 aliphatic carbocycles. The summed E-state index contributed by atoms with van der Waals surface area (Å²) >= 11 is 1.68. The van der Waals surface area contributed by atoms with Crippen molar-refractivity contribution >= 4 is 23.3 Å². The number of rotatable bonds is 7. The van der Waals surface area contributed by atoms with Crippen molar-refractivity contribution in [2.45, 2.75) is 39.2 Å². The number of nitrogens with one attached hydrogen (secondary N) is 1. The molecule has 1 aromatic carbocycles. The van der Waals surface area contributed by atoms with Crippen molar-refractivity contribution in [2.24, 2.45) is 0 Å². The molecule has 0 radical (unpaired) electrons. The van der Waals surface area contributed by atoms with Crippen LogP contribution in [0.15, 0.2) is 53.3 Å². The number of ether oxygens (including phenoxy) is 1. The third-order valence-corrected chi connectivity index (χ3v) is 5.64. The molecule has 0 amide bonds. The Kier molecular flexibility index (Phi) is 6.52. The van der Waals surface area contributed by atoms with Gasteiger partial charge in [-0.2, -0.15) is 5.26 Å². The van der Waals surface area contributed by atoms with E-state index in [0.717, 1.165) is 65.4 Å². The van der Waals surface area contributed by atoms with Crippen LogP contribution in [-0.2, 0) is 4.74 Å². The Morgan fingerprint density at radius 3 is 2.89 bits per heavy atom. The molecule has 5 heteroatoms. The molecule has 0 spiro atoms. The summed E-state index contributed by atoms with van der Waals surface area (Å²) < 4.78 is 8.83. The van der Waals surface area contributed by atoms with Gasteiger partial charge in [0.25, 0.3) is 0 Å². The van der Waals surface area contributed by atoms with Crippen LogP contribution >= 0.6 is 11.9 Å². The summed E-state index contributed by atoms with van der Waals surface area (Å²) in [5, 5.41) is 10.0. The van der Waals surface area contributed by atoms with Crippen molar-refractivity contribution in [2.75, 3.05) is 24.1 Å². The number of nitriles is 1. The number of anilines is 1. The van der Waals surface area contributed by atoms with Crippen LogP contribution in [0, 0.1) is 11.3 Å². The fraction of sp³-hybridized carbons (Fsp3) is 0.409. The van der Waals surface area contributed by atoms with E-state index in [1.807, 2.05) is 6.08 Å². The first kappa shape index (κ1) is 19.4. The predicted molar refractivity (Wildman–Crippen MR) is 114 cm³/mol. The minimum absolute atomic E-state index is 0.236. The predicted octanol–water partition coefficient (Wildman–Crippen LogP) is 5.35. The average molecular weight is 382 g/mol. The molecule has 1 atom stereocenters. The van der Waals surface area contributed by atoms with Gasteiger partial charge >= 0.3 is 0 Å². The highest BCUT2D eigenvalue weighted by Crippen LogP contribution is 2.43. The zero-order valence-corrected chi connectivity index (χ0v) is 17.1. The summed E-state index contributed by atoms with van der Waals surface area (Å²) in [6.45, 7) is 5.25. The topological polar surface area (TPSA) is 48.3 Å². The molecule has 2 aliphatic rings. The molecule has 1 N–H and O–H groups in total. The SMILES string of the molecule is CCCN1C(c2cccc(NSCC)c2)=C(C#N)C2=CC=C(OC)CCC21. The van der Waals surface area contributed by atoms with Gasteiger partial charge in [0.15, 0.2) is 0 Å². The largest absolute Gasteiger partial charge is 0.501 e.